The number of methoxy groups -OCH3 is 1. The molecule has 1 amide bonds. The molecule has 0 radical (unpaired) electrons. The van der Waals surface area contributed by atoms with Crippen LogP contribution in [0.2, 0.25) is 0 Å². The Kier molecular flexibility index (Phi) is 4.84. The number of amides is 1. The highest BCUT2D eigenvalue weighted by molar-refractivity contribution is 5.69. The zero-order valence-electron chi connectivity index (χ0n) is 13.8. The largest absolute Gasteiger partial charge is 0.481 e. The second kappa shape index (κ2) is 7.21. The summed E-state index contributed by atoms with van der Waals surface area (Å²) in [5.74, 6) is 0.523. The molecule has 2 atom stereocenters. The summed E-state index contributed by atoms with van der Waals surface area (Å²) in [5, 5.41) is 6.27. The van der Waals surface area contributed by atoms with E-state index < -0.39 is 6.09 Å². The van der Waals surface area contributed by atoms with Gasteiger partial charge in [-0.1, -0.05) is 30.3 Å². The lowest BCUT2D eigenvalue weighted by molar-refractivity contribution is 0.134. The van der Waals surface area contributed by atoms with Crippen molar-refractivity contribution in [3.05, 3.63) is 53.7 Å². The molecule has 0 spiro atoms. The number of ether oxygens (including phenoxy) is 2. The zero-order valence-corrected chi connectivity index (χ0v) is 13.8. The van der Waals surface area contributed by atoms with Crippen LogP contribution in [0.4, 0.5) is 10.5 Å². The van der Waals surface area contributed by atoms with E-state index in [-0.39, 0.29) is 18.7 Å². The second-order valence-electron chi connectivity index (χ2n) is 5.83. The van der Waals surface area contributed by atoms with E-state index in [4.69, 9.17) is 9.47 Å². The molecule has 1 aliphatic heterocycles. The minimum Gasteiger partial charge on any atom is -0.481 e. The molecule has 2 heterocycles. The fourth-order valence-electron chi connectivity index (χ4n) is 2.78. The highest BCUT2D eigenvalue weighted by Crippen LogP contribution is 2.32. The molecule has 1 aliphatic rings. The maximum Gasteiger partial charge on any atom is 0.408 e. The standard InChI is InChI=1S/C18H21N3O3/c1-12-10-15(17-14(19-12)8-9-16(21-17)23-2)20-18(22)24-11-13-6-4-3-5-7-13/h3-9,12,15,19H,10-11H2,1-2H3,(H,20,22). The number of fused-ring (bicyclic) bond motifs is 1. The van der Waals surface area contributed by atoms with Gasteiger partial charge in [0.2, 0.25) is 5.88 Å². The van der Waals surface area contributed by atoms with Gasteiger partial charge in [0, 0.05) is 12.1 Å². The molecule has 2 aromatic rings. The maximum absolute atomic E-state index is 12.1. The minimum atomic E-state index is -0.450. The van der Waals surface area contributed by atoms with Crippen molar-refractivity contribution >= 4 is 11.8 Å². The fraction of sp³-hybridized carbons (Fsp3) is 0.333. The third-order valence-corrected chi connectivity index (χ3v) is 3.93. The molecule has 2 N–H and O–H groups in total. The molecule has 3 rings (SSSR count). The Morgan fingerprint density at radius 1 is 1.29 bits per heavy atom. The van der Waals surface area contributed by atoms with E-state index in [1.165, 1.54) is 0 Å². The minimum absolute atomic E-state index is 0.213. The molecule has 2 unspecified atom stereocenters. The number of pyridine rings is 1. The van der Waals surface area contributed by atoms with Gasteiger partial charge in [0.05, 0.1) is 24.5 Å². The first kappa shape index (κ1) is 16.1. The quantitative estimate of drug-likeness (QED) is 0.902. The van der Waals surface area contributed by atoms with Crippen LogP contribution in [0.3, 0.4) is 0 Å². The third kappa shape index (κ3) is 3.76. The first-order chi connectivity index (χ1) is 11.7. The lowest BCUT2D eigenvalue weighted by Crippen LogP contribution is -2.37. The first-order valence-corrected chi connectivity index (χ1v) is 7.94. The number of benzene rings is 1. The van der Waals surface area contributed by atoms with Crippen LogP contribution >= 0.6 is 0 Å². The maximum atomic E-state index is 12.1. The van der Waals surface area contributed by atoms with Crippen LogP contribution in [0, 0.1) is 0 Å². The van der Waals surface area contributed by atoms with Crippen LogP contribution in [0.25, 0.3) is 0 Å². The van der Waals surface area contributed by atoms with Gasteiger partial charge < -0.3 is 20.1 Å². The Hall–Kier alpha value is -2.76. The van der Waals surface area contributed by atoms with E-state index in [2.05, 4.69) is 22.5 Å². The van der Waals surface area contributed by atoms with Crippen LogP contribution < -0.4 is 15.4 Å². The van der Waals surface area contributed by atoms with Crippen molar-refractivity contribution in [3.8, 4) is 5.88 Å². The summed E-state index contributed by atoms with van der Waals surface area (Å²) >= 11 is 0. The number of hydrogen-bond donors (Lipinski definition) is 2. The van der Waals surface area contributed by atoms with Crippen molar-refractivity contribution < 1.29 is 14.3 Å². The average molecular weight is 327 g/mol. The molecule has 126 valence electrons. The SMILES string of the molecule is COc1ccc2c(n1)C(NC(=O)OCc1ccccc1)CC(C)N2. The van der Waals surface area contributed by atoms with Gasteiger partial charge in [0.25, 0.3) is 0 Å². The number of hydrogen-bond acceptors (Lipinski definition) is 5. The van der Waals surface area contributed by atoms with Gasteiger partial charge in [-0.2, -0.15) is 0 Å². The van der Waals surface area contributed by atoms with Gasteiger partial charge in [-0.05, 0) is 25.0 Å². The smallest absolute Gasteiger partial charge is 0.408 e. The summed E-state index contributed by atoms with van der Waals surface area (Å²) in [6, 6.07) is 13.3. The van der Waals surface area contributed by atoms with Gasteiger partial charge in [0.15, 0.2) is 0 Å². The molecule has 1 aromatic heterocycles. The molecule has 6 heteroatoms. The van der Waals surface area contributed by atoms with Crippen molar-refractivity contribution in [2.45, 2.75) is 32.0 Å². The van der Waals surface area contributed by atoms with E-state index in [0.717, 1.165) is 23.4 Å². The number of carbonyl (C=O) groups excluding carboxylic acids is 1. The summed E-state index contributed by atoms with van der Waals surface area (Å²) in [5.41, 5.74) is 2.62. The predicted molar refractivity (Wildman–Crippen MR) is 91.0 cm³/mol. The number of nitrogens with one attached hydrogen (secondary N) is 2. The van der Waals surface area contributed by atoms with Crippen LogP contribution in [0.15, 0.2) is 42.5 Å². The molecule has 0 aliphatic carbocycles. The second-order valence-corrected chi connectivity index (χ2v) is 5.83. The summed E-state index contributed by atoms with van der Waals surface area (Å²) in [7, 11) is 1.57. The lowest BCUT2D eigenvalue weighted by Gasteiger charge is -2.30. The molecule has 0 fully saturated rings. The molecule has 0 saturated carbocycles. The number of carbonyl (C=O) groups is 1. The lowest BCUT2D eigenvalue weighted by atomic mass is 9.98. The highest BCUT2D eigenvalue weighted by atomic mass is 16.5. The van der Waals surface area contributed by atoms with Crippen molar-refractivity contribution in [2.75, 3.05) is 12.4 Å². The van der Waals surface area contributed by atoms with Crippen LogP contribution in [-0.4, -0.2) is 24.2 Å². The van der Waals surface area contributed by atoms with Crippen LogP contribution in [0.1, 0.15) is 30.6 Å². The van der Waals surface area contributed by atoms with Crippen molar-refractivity contribution in [1.29, 1.82) is 0 Å². The number of aromatic nitrogens is 1. The highest BCUT2D eigenvalue weighted by Gasteiger charge is 2.28. The first-order valence-electron chi connectivity index (χ1n) is 7.94. The molecule has 0 saturated heterocycles. The average Bonchev–Trinajstić information content (AvgIpc) is 2.60. The number of rotatable bonds is 4. The van der Waals surface area contributed by atoms with Crippen molar-refractivity contribution in [3.63, 3.8) is 0 Å². The molecular weight excluding hydrogens is 306 g/mol. The topological polar surface area (TPSA) is 72.5 Å². The Balaban J connectivity index is 1.67. The van der Waals surface area contributed by atoms with Gasteiger partial charge in [0.1, 0.15) is 6.61 Å². The van der Waals surface area contributed by atoms with E-state index in [1.54, 1.807) is 13.2 Å². The van der Waals surface area contributed by atoms with Gasteiger partial charge in [-0.15, -0.1) is 0 Å². The van der Waals surface area contributed by atoms with Gasteiger partial charge in [-0.3, -0.25) is 0 Å². The Morgan fingerprint density at radius 3 is 2.83 bits per heavy atom. The van der Waals surface area contributed by atoms with Crippen LogP contribution in [-0.2, 0) is 11.3 Å². The number of nitrogens with zero attached hydrogens (tertiary/aromatic N) is 1. The summed E-state index contributed by atoms with van der Waals surface area (Å²) in [6.07, 6.45) is 0.279. The van der Waals surface area contributed by atoms with Gasteiger partial charge >= 0.3 is 6.09 Å². The Bertz CT molecular complexity index is 706. The van der Waals surface area contributed by atoms with Crippen molar-refractivity contribution in [1.82, 2.24) is 10.3 Å². The monoisotopic (exact) mass is 327 g/mol. The molecule has 24 heavy (non-hydrogen) atoms. The van der Waals surface area contributed by atoms with Crippen molar-refractivity contribution in [2.24, 2.45) is 0 Å². The summed E-state index contributed by atoms with van der Waals surface area (Å²) in [6.45, 7) is 2.31. The molecule has 1 aromatic carbocycles. The third-order valence-electron chi connectivity index (χ3n) is 3.93. The summed E-state index contributed by atoms with van der Waals surface area (Å²) < 4.78 is 10.5. The molecular formula is C18H21N3O3. The predicted octanol–water partition coefficient (Wildman–Crippen LogP) is 3.26. The van der Waals surface area contributed by atoms with E-state index in [9.17, 15) is 4.79 Å². The number of alkyl carbamates (subject to hydrolysis) is 1. The molecule has 6 nitrogen and oxygen atoms in total. The fourth-order valence-corrected chi connectivity index (χ4v) is 2.78. The Labute approximate surface area is 141 Å². The Morgan fingerprint density at radius 2 is 2.08 bits per heavy atom. The van der Waals surface area contributed by atoms with E-state index in [1.807, 2.05) is 36.4 Å². The molecule has 0 bridgehead atoms. The van der Waals surface area contributed by atoms with E-state index in [0.29, 0.717) is 5.88 Å². The zero-order chi connectivity index (χ0) is 16.9. The van der Waals surface area contributed by atoms with E-state index >= 15 is 0 Å². The normalized spacial score (nSPS) is 18.9. The number of anilines is 1. The van der Waals surface area contributed by atoms with Crippen LogP contribution in [0.5, 0.6) is 5.88 Å². The summed E-state index contributed by atoms with van der Waals surface area (Å²) in [4.78, 5) is 16.6. The van der Waals surface area contributed by atoms with Gasteiger partial charge in [-0.25, -0.2) is 9.78 Å².